The zero-order chi connectivity index (χ0) is 16.4. The fraction of sp³-hybridized carbons (Fsp3) is 0.750. The van der Waals surface area contributed by atoms with Gasteiger partial charge in [0.25, 0.3) is 0 Å². The summed E-state index contributed by atoms with van der Waals surface area (Å²) in [4.78, 5) is 0.532. The fourth-order valence-corrected chi connectivity index (χ4v) is 2.07. The van der Waals surface area contributed by atoms with Crippen LogP contribution in [0.15, 0.2) is 24.1 Å². The molecule has 0 spiro atoms. The molecule has 6 heteroatoms. The summed E-state index contributed by atoms with van der Waals surface area (Å²) >= 11 is 0. The predicted octanol–water partition coefficient (Wildman–Crippen LogP) is 4.02. The van der Waals surface area contributed by atoms with Crippen molar-refractivity contribution in [1.82, 2.24) is 15.0 Å². The molecule has 1 heterocycles. The van der Waals surface area contributed by atoms with Crippen LogP contribution in [0.1, 0.15) is 65.0 Å². The van der Waals surface area contributed by atoms with Gasteiger partial charge in [-0.2, -0.15) is 0 Å². The summed E-state index contributed by atoms with van der Waals surface area (Å²) in [6, 6.07) is 0. The van der Waals surface area contributed by atoms with Gasteiger partial charge < -0.3 is 5.21 Å². The van der Waals surface area contributed by atoms with Crippen molar-refractivity contribution < 1.29 is 4.86 Å². The minimum Gasteiger partial charge on any atom is -0.595 e. The topological polar surface area (TPSA) is 69.1 Å². The number of hydroxylamine groups is 1. The van der Waals surface area contributed by atoms with Crippen molar-refractivity contribution in [3.05, 3.63) is 29.9 Å². The summed E-state index contributed by atoms with van der Waals surface area (Å²) in [5.74, 6) is 0. The molecule has 0 amide bonds. The smallest absolute Gasteiger partial charge is 0.202 e. The van der Waals surface area contributed by atoms with Gasteiger partial charge in [-0.1, -0.05) is 56.5 Å². The third-order valence-electron chi connectivity index (χ3n) is 3.50. The Hall–Kier alpha value is -1.72. The molecule has 22 heavy (non-hydrogen) atoms. The Morgan fingerprint density at radius 3 is 2.45 bits per heavy atom. The first-order valence-corrected chi connectivity index (χ1v) is 8.10. The predicted molar refractivity (Wildman–Crippen MR) is 87.5 cm³/mol. The van der Waals surface area contributed by atoms with Gasteiger partial charge in [0.1, 0.15) is 6.54 Å². The second kappa shape index (κ2) is 9.33. The first-order chi connectivity index (χ1) is 10.4. The van der Waals surface area contributed by atoms with E-state index in [-0.39, 0.29) is 5.41 Å². The van der Waals surface area contributed by atoms with Crippen molar-refractivity contribution in [2.45, 2.75) is 71.3 Å². The van der Waals surface area contributed by atoms with E-state index in [1.165, 1.54) is 25.5 Å². The van der Waals surface area contributed by atoms with E-state index in [9.17, 15) is 5.21 Å². The lowest BCUT2D eigenvalue weighted by Crippen LogP contribution is -2.11. The van der Waals surface area contributed by atoms with E-state index in [4.69, 9.17) is 0 Å². The zero-order valence-electron chi connectivity index (χ0n) is 14.2. The molecule has 0 radical (unpaired) electrons. The van der Waals surface area contributed by atoms with E-state index in [1.54, 1.807) is 0 Å². The van der Waals surface area contributed by atoms with Crippen LogP contribution in [0.2, 0.25) is 0 Å². The minimum absolute atomic E-state index is 0.0641. The number of hydrogen-bond acceptors (Lipinski definition) is 4. The Morgan fingerprint density at radius 2 is 1.86 bits per heavy atom. The van der Waals surface area contributed by atoms with Crippen molar-refractivity contribution >= 4 is 0 Å². The van der Waals surface area contributed by atoms with Crippen LogP contribution in [0.3, 0.4) is 0 Å². The van der Waals surface area contributed by atoms with Crippen LogP contribution in [0, 0.1) is 5.21 Å². The Morgan fingerprint density at radius 1 is 1.23 bits per heavy atom. The molecule has 0 atom stereocenters. The Labute approximate surface area is 133 Å². The third-order valence-corrected chi connectivity index (χ3v) is 3.50. The Kier molecular flexibility index (Phi) is 7.77. The molecule has 0 aliphatic carbocycles. The van der Waals surface area contributed by atoms with Crippen LogP contribution >= 0.6 is 0 Å². The number of nitrogens with zero attached hydrogens (tertiary/aromatic N) is 5. The molecule has 0 unspecified atom stereocenters. The largest absolute Gasteiger partial charge is 0.595 e. The fourth-order valence-electron chi connectivity index (χ4n) is 2.07. The monoisotopic (exact) mass is 307 g/mol. The number of rotatable bonds is 10. The summed E-state index contributed by atoms with van der Waals surface area (Å²) in [7, 11) is 0. The lowest BCUT2D eigenvalue weighted by molar-refractivity contribution is -0.458. The van der Waals surface area contributed by atoms with Crippen LogP contribution in [-0.4, -0.2) is 26.4 Å². The molecule has 6 nitrogen and oxygen atoms in total. The number of aryl methyl sites for hydroxylation is 1. The molecule has 1 rings (SSSR count). The second-order valence-corrected chi connectivity index (χ2v) is 6.59. The molecule has 124 valence electrons. The summed E-state index contributed by atoms with van der Waals surface area (Å²) in [5.41, 5.74) is 1.11. The van der Waals surface area contributed by atoms with E-state index < -0.39 is 0 Å². The molecule has 0 aromatic carbocycles. The average molecular weight is 307 g/mol. The molecular formula is C16H29N5O. The second-order valence-electron chi connectivity index (χ2n) is 6.59. The molecule has 0 aliphatic rings. The average Bonchev–Trinajstić information content (AvgIpc) is 2.94. The molecule has 0 saturated heterocycles. The van der Waals surface area contributed by atoms with Gasteiger partial charge in [0.15, 0.2) is 0 Å². The summed E-state index contributed by atoms with van der Waals surface area (Å²) in [6.07, 6.45) is 10.0. The molecule has 0 N–H and O–H groups in total. The highest BCUT2D eigenvalue weighted by Crippen LogP contribution is 2.18. The highest BCUT2D eigenvalue weighted by molar-refractivity contribution is 5.06. The first-order valence-electron chi connectivity index (χ1n) is 8.10. The van der Waals surface area contributed by atoms with Crippen molar-refractivity contribution in [3.8, 4) is 0 Å². The zero-order valence-corrected chi connectivity index (χ0v) is 14.2. The van der Waals surface area contributed by atoms with Crippen LogP contribution in [0.25, 0.3) is 0 Å². The molecule has 1 aromatic heterocycles. The van der Waals surface area contributed by atoms with Crippen LogP contribution in [-0.2, 0) is 12.0 Å². The quantitative estimate of drug-likeness (QED) is 0.284. The van der Waals surface area contributed by atoms with Gasteiger partial charge in [-0.3, -0.25) is 4.68 Å². The van der Waals surface area contributed by atoms with Crippen LogP contribution in [0.4, 0.5) is 0 Å². The number of azo groups is 1. The third kappa shape index (κ3) is 7.33. The normalized spacial score (nSPS) is 12.6. The van der Waals surface area contributed by atoms with Gasteiger partial charge >= 0.3 is 0 Å². The van der Waals surface area contributed by atoms with Gasteiger partial charge in [-0.15, -0.1) is 5.10 Å². The molecule has 1 aromatic rings. The van der Waals surface area contributed by atoms with Gasteiger partial charge in [0.05, 0.1) is 5.69 Å². The van der Waals surface area contributed by atoms with E-state index in [0.29, 0.717) is 11.4 Å². The molecular weight excluding hydrogens is 278 g/mol. The van der Waals surface area contributed by atoms with Crippen molar-refractivity contribution in [2.24, 2.45) is 5.11 Å². The van der Waals surface area contributed by atoms with Gasteiger partial charge in [0.2, 0.25) is 6.20 Å². The number of aromatic nitrogens is 3. The van der Waals surface area contributed by atoms with Crippen molar-refractivity contribution in [2.75, 3.05) is 6.54 Å². The lowest BCUT2D eigenvalue weighted by atomic mass is 9.93. The maximum Gasteiger partial charge on any atom is 0.202 e. The molecule has 0 aliphatic heterocycles. The maximum absolute atomic E-state index is 10.8. The number of hydrogen-bond donors (Lipinski definition) is 0. The Balaban J connectivity index is 2.04. The van der Waals surface area contributed by atoms with Crippen LogP contribution < -0.4 is 0 Å². The van der Waals surface area contributed by atoms with Gasteiger partial charge in [-0.05, 0) is 24.5 Å². The standard InChI is InChI=1S/C16H29N5O/c1-5-21(22)17-12-10-8-6-7-9-11-13-20-14-15(18-19-20)16(2,3)4/h5,14H,1,6-13H2,2-4H3. The molecule has 0 bridgehead atoms. The van der Waals surface area contributed by atoms with Crippen molar-refractivity contribution in [1.29, 1.82) is 0 Å². The summed E-state index contributed by atoms with van der Waals surface area (Å²) in [6.45, 7) is 11.3. The SMILES string of the molecule is C=C[N+]([O-])=NCCCCCCCCn1cc(C(C)(C)C)nn1. The highest BCUT2D eigenvalue weighted by Gasteiger charge is 2.17. The first kappa shape index (κ1) is 18.3. The highest BCUT2D eigenvalue weighted by atomic mass is 16.5. The van der Waals surface area contributed by atoms with E-state index in [2.05, 4.69) is 49.0 Å². The van der Waals surface area contributed by atoms with Crippen LogP contribution in [0.5, 0.6) is 0 Å². The summed E-state index contributed by atoms with van der Waals surface area (Å²) < 4.78 is 1.94. The maximum atomic E-state index is 10.8. The summed E-state index contributed by atoms with van der Waals surface area (Å²) in [5, 5.41) is 23.0. The van der Waals surface area contributed by atoms with Gasteiger partial charge in [0, 0.05) is 18.2 Å². The minimum atomic E-state index is 0.0641. The van der Waals surface area contributed by atoms with E-state index in [0.717, 1.165) is 31.5 Å². The Bertz CT molecular complexity index is 473. The lowest BCUT2D eigenvalue weighted by Gasteiger charge is -2.12. The van der Waals surface area contributed by atoms with E-state index >= 15 is 0 Å². The van der Waals surface area contributed by atoms with Gasteiger partial charge in [-0.25, -0.2) is 0 Å². The van der Waals surface area contributed by atoms with Crippen molar-refractivity contribution in [3.63, 3.8) is 0 Å². The molecule has 0 saturated carbocycles. The number of unbranched alkanes of at least 4 members (excludes halogenated alkanes) is 5. The molecule has 0 fully saturated rings. The van der Waals surface area contributed by atoms with E-state index in [1.807, 2.05) is 4.68 Å².